The maximum Gasteiger partial charge on any atom is 0.269 e. The molecule has 1 aliphatic heterocycles. The fourth-order valence-corrected chi connectivity index (χ4v) is 2.70. The highest BCUT2D eigenvalue weighted by molar-refractivity contribution is 8.18. The molecule has 3 rings (SSSR count). The van der Waals surface area contributed by atoms with Crippen molar-refractivity contribution in [2.75, 3.05) is 0 Å². The number of benzene rings is 1. The summed E-state index contributed by atoms with van der Waals surface area (Å²) in [6, 6.07) is 9.40. The number of amidine groups is 1. The predicted octanol–water partition coefficient (Wildman–Crippen LogP) is 2.88. The summed E-state index contributed by atoms with van der Waals surface area (Å²) in [7, 11) is 0. The Balaban J connectivity index is 1.79. The van der Waals surface area contributed by atoms with Gasteiger partial charge in [-0.15, -0.1) is 0 Å². The number of aliphatic imine (C=N–C) groups is 1. The van der Waals surface area contributed by atoms with Crippen molar-refractivity contribution in [3.8, 4) is 0 Å². The van der Waals surface area contributed by atoms with Gasteiger partial charge in [-0.25, -0.2) is 4.99 Å². The zero-order valence-corrected chi connectivity index (χ0v) is 12.5. The molecule has 7 nitrogen and oxygen atoms in total. The Labute approximate surface area is 135 Å². The van der Waals surface area contributed by atoms with Crippen molar-refractivity contribution < 1.29 is 9.72 Å². The van der Waals surface area contributed by atoms with Crippen molar-refractivity contribution in [1.82, 2.24) is 10.3 Å². The van der Waals surface area contributed by atoms with Gasteiger partial charge in [0, 0.05) is 24.5 Å². The molecule has 0 atom stereocenters. The van der Waals surface area contributed by atoms with Crippen molar-refractivity contribution in [2.24, 2.45) is 4.99 Å². The second kappa shape index (κ2) is 6.41. The van der Waals surface area contributed by atoms with E-state index in [4.69, 9.17) is 0 Å². The van der Waals surface area contributed by atoms with E-state index in [0.717, 1.165) is 5.56 Å². The lowest BCUT2D eigenvalue weighted by Crippen LogP contribution is -2.19. The topological polar surface area (TPSA) is 97.5 Å². The SMILES string of the molecule is O=C1NC(=Nc2ccc([N+](=O)[O-])cc2)S/C1=C\c1ccncc1. The summed E-state index contributed by atoms with van der Waals surface area (Å²) in [5.41, 5.74) is 1.40. The van der Waals surface area contributed by atoms with Crippen LogP contribution in [0.25, 0.3) is 6.08 Å². The molecule has 1 N–H and O–H groups in total. The van der Waals surface area contributed by atoms with Gasteiger partial charge in [0.05, 0.1) is 15.5 Å². The van der Waals surface area contributed by atoms with Gasteiger partial charge < -0.3 is 5.32 Å². The molecule has 2 heterocycles. The van der Waals surface area contributed by atoms with Crippen LogP contribution in [0.3, 0.4) is 0 Å². The summed E-state index contributed by atoms with van der Waals surface area (Å²) in [5.74, 6) is -0.229. The Hall–Kier alpha value is -3.00. The molecule has 0 spiro atoms. The van der Waals surface area contributed by atoms with E-state index < -0.39 is 4.92 Å². The number of amides is 1. The molecule has 1 aromatic heterocycles. The third kappa shape index (κ3) is 3.61. The number of nitrogens with one attached hydrogen (secondary N) is 1. The largest absolute Gasteiger partial charge is 0.300 e. The average molecular weight is 326 g/mol. The van der Waals surface area contributed by atoms with E-state index in [1.54, 1.807) is 30.6 Å². The Bertz CT molecular complexity index is 816. The van der Waals surface area contributed by atoms with E-state index in [1.807, 2.05) is 0 Å². The summed E-state index contributed by atoms with van der Waals surface area (Å²) in [4.78, 5) is 30.8. The van der Waals surface area contributed by atoms with Crippen LogP contribution in [0.4, 0.5) is 11.4 Å². The monoisotopic (exact) mass is 326 g/mol. The van der Waals surface area contributed by atoms with E-state index in [-0.39, 0.29) is 11.6 Å². The number of pyridine rings is 1. The number of nitrogens with zero attached hydrogens (tertiary/aromatic N) is 3. The molecule has 8 heteroatoms. The molecule has 0 unspecified atom stereocenters. The highest BCUT2D eigenvalue weighted by Gasteiger charge is 2.23. The molecule has 2 aromatic rings. The molecular weight excluding hydrogens is 316 g/mol. The summed E-state index contributed by atoms with van der Waals surface area (Å²) >= 11 is 1.22. The number of nitro benzene ring substituents is 1. The second-order valence-corrected chi connectivity index (χ2v) is 5.57. The van der Waals surface area contributed by atoms with Crippen molar-refractivity contribution in [2.45, 2.75) is 0 Å². The first kappa shape index (κ1) is 14.9. The molecule has 0 saturated carbocycles. The first-order valence-corrected chi connectivity index (χ1v) is 7.37. The molecule has 23 heavy (non-hydrogen) atoms. The van der Waals surface area contributed by atoms with Crippen LogP contribution in [0.5, 0.6) is 0 Å². The quantitative estimate of drug-likeness (QED) is 0.531. The lowest BCUT2D eigenvalue weighted by Gasteiger charge is -1.96. The number of hydrogen-bond donors (Lipinski definition) is 1. The van der Waals surface area contributed by atoms with Crippen LogP contribution < -0.4 is 5.32 Å². The van der Waals surface area contributed by atoms with Gasteiger partial charge in [-0.1, -0.05) is 0 Å². The van der Waals surface area contributed by atoms with Gasteiger partial charge in [-0.2, -0.15) is 0 Å². The molecule has 0 bridgehead atoms. The van der Waals surface area contributed by atoms with Crippen LogP contribution in [0.2, 0.25) is 0 Å². The Morgan fingerprint density at radius 3 is 2.52 bits per heavy atom. The number of rotatable bonds is 3. The van der Waals surface area contributed by atoms with E-state index >= 15 is 0 Å². The van der Waals surface area contributed by atoms with Gasteiger partial charge in [-0.3, -0.25) is 19.9 Å². The minimum absolute atomic E-state index is 0.00432. The van der Waals surface area contributed by atoms with Gasteiger partial charge in [0.2, 0.25) is 0 Å². The van der Waals surface area contributed by atoms with Crippen LogP contribution in [0.1, 0.15) is 5.56 Å². The van der Waals surface area contributed by atoms with Crippen molar-refractivity contribution in [1.29, 1.82) is 0 Å². The number of hydrogen-bond acceptors (Lipinski definition) is 6. The molecule has 0 aliphatic carbocycles. The second-order valence-electron chi connectivity index (χ2n) is 4.54. The normalized spacial score (nSPS) is 17.5. The number of thioether (sulfide) groups is 1. The zero-order chi connectivity index (χ0) is 16.2. The first-order chi connectivity index (χ1) is 11.1. The van der Waals surface area contributed by atoms with Crippen molar-refractivity contribution >= 4 is 40.3 Å². The molecule has 1 amide bonds. The van der Waals surface area contributed by atoms with E-state index in [1.165, 1.54) is 36.0 Å². The van der Waals surface area contributed by atoms with E-state index in [9.17, 15) is 14.9 Å². The van der Waals surface area contributed by atoms with E-state index in [0.29, 0.717) is 15.8 Å². The maximum absolute atomic E-state index is 11.9. The molecule has 0 radical (unpaired) electrons. The molecule has 1 saturated heterocycles. The fraction of sp³-hybridized carbons (Fsp3) is 0. The third-order valence-electron chi connectivity index (χ3n) is 2.95. The van der Waals surface area contributed by atoms with E-state index in [2.05, 4.69) is 15.3 Å². The number of carbonyl (C=O) groups is 1. The van der Waals surface area contributed by atoms with Crippen molar-refractivity contribution in [3.63, 3.8) is 0 Å². The average Bonchev–Trinajstić information content (AvgIpc) is 2.88. The number of carbonyl (C=O) groups excluding carboxylic acids is 1. The molecule has 1 aliphatic rings. The van der Waals surface area contributed by atoms with Gasteiger partial charge >= 0.3 is 0 Å². The molecule has 1 aromatic carbocycles. The smallest absolute Gasteiger partial charge is 0.269 e. The van der Waals surface area contributed by atoms with Crippen LogP contribution in [0.15, 0.2) is 58.7 Å². The fourth-order valence-electron chi connectivity index (χ4n) is 1.86. The molecule has 1 fully saturated rings. The van der Waals surface area contributed by atoms with Gasteiger partial charge in [0.15, 0.2) is 5.17 Å². The first-order valence-electron chi connectivity index (χ1n) is 6.56. The lowest BCUT2D eigenvalue weighted by molar-refractivity contribution is -0.384. The van der Waals surface area contributed by atoms with Gasteiger partial charge in [0.1, 0.15) is 0 Å². The Morgan fingerprint density at radius 2 is 1.87 bits per heavy atom. The maximum atomic E-state index is 11.9. The van der Waals surface area contributed by atoms with Crippen LogP contribution in [-0.2, 0) is 4.79 Å². The predicted molar refractivity (Wildman–Crippen MR) is 88.1 cm³/mol. The molecule has 114 valence electrons. The minimum atomic E-state index is -0.474. The highest BCUT2D eigenvalue weighted by atomic mass is 32.2. The third-order valence-corrected chi connectivity index (χ3v) is 3.86. The summed E-state index contributed by atoms with van der Waals surface area (Å²) in [6.45, 7) is 0. The number of non-ortho nitro benzene ring substituents is 1. The molecular formula is C15H10N4O3S. The Kier molecular flexibility index (Phi) is 4.15. The minimum Gasteiger partial charge on any atom is -0.300 e. The number of aromatic nitrogens is 1. The Morgan fingerprint density at radius 1 is 1.17 bits per heavy atom. The van der Waals surface area contributed by atoms with Crippen molar-refractivity contribution in [3.05, 3.63) is 69.4 Å². The van der Waals surface area contributed by atoms with Crippen LogP contribution in [0, 0.1) is 10.1 Å². The van der Waals surface area contributed by atoms with Crippen LogP contribution in [-0.4, -0.2) is 21.0 Å². The standard InChI is InChI=1S/C15H10N4O3S/c20-14-13(9-10-5-7-16-8-6-10)23-15(18-14)17-11-1-3-12(4-2-11)19(21)22/h1-9H,(H,17,18,20)/b13-9-. The lowest BCUT2D eigenvalue weighted by atomic mass is 10.2. The zero-order valence-electron chi connectivity index (χ0n) is 11.7. The van der Waals surface area contributed by atoms with Gasteiger partial charge in [0.25, 0.3) is 11.6 Å². The van der Waals surface area contributed by atoms with Crippen LogP contribution >= 0.6 is 11.8 Å². The summed E-state index contributed by atoms with van der Waals surface area (Å²) in [5, 5.41) is 13.7. The number of nitro groups is 1. The highest BCUT2D eigenvalue weighted by Crippen LogP contribution is 2.28. The van der Waals surface area contributed by atoms with Gasteiger partial charge in [-0.05, 0) is 47.7 Å². The summed E-state index contributed by atoms with van der Waals surface area (Å²) < 4.78 is 0. The summed E-state index contributed by atoms with van der Waals surface area (Å²) in [6.07, 6.45) is 5.05.